The first kappa shape index (κ1) is 11.9. The third kappa shape index (κ3) is 3.46. The summed E-state index contributed by atoms with van der Waals surface area (Å²) in [6, 6.07) is 9.41. The summed E-state index contributed by atoms with van der Waals surface area (Å²) < 4.78 is 1.77. The van der Waals surface area contributed by atoms with Gasteiger partial charge in [0.2, 0.25) is 0 Å². The average Bonchev–Trinajstić information content (AvgIpc) is 2.76. The Kier molecular flexibility index (Phi) is 3.98. The number of aromatic nitrogens is 2. The van der Waals surface area contributed by atoms with Crippen molar-refractivity contribution in [1.82, 2.24) is 9.78 Å². The van der Waals surface area contributed by atoms with Crippen LogP contribution < -0.4 is 0 Å². The van der Waals surface area contributed by atoms with Gasteiger partial charge in [-0.1, -0.05) is 30.3 Å². The van der Waals surface area contributed by atoms with Gasteiger partial charge in [-0.2, -0.15) is 5.10 Å². The van der Waals surface area contributed by atoms with Gasteiger partial charge in [-0.3, -0.25) is 9.48 Å². The molecule has 0 aliphatic carbocycles. The molecule has 0 spiro atoms. The minimum Gasteiger partial charge on any atom is -0.294 e. The monoisotopic (exact) mass is 246 g/mol. The number of benzene rings is 1. The highest BCUT2D eigenvalue weighted by atomic mass is 32.2. The lowest BCUT2D eigenvalue weighted by atomic mass is 10.1. The van der Waals surface area contributed by atoms with Gasteiger partial charge in [0.25, 0.3) is 0 Å². The molecule has 0 amide bonds. The average molecular weight is 246 g/mol. The predicted molar refractivity (Wildman–Crippen MR) is 69.3 cm³/mol. The first-order valence-electron chi connectivity index (χ1n) is 5.45. The maximum Gasteiger partial charge on any atom is 0.163 e. The van der Waals surface area contributed by atoms with Gasteiger partial charge in [-0.25, -0.2) is 0 Å². The maximum atomic E-state index is 11.8. The molecule has 2 rings (SSSR count). The summed E-state index contributed by atoms with van der Waals surface area (Å²) in [6.07, 6.45) is 4.33. The van der Waals surface area contributed by atoms with E-state index < -0.39 is 0 Å². The summed E-state index contributed by atoms with van der Waals surface area (Å²) in [5, 5.41) is 4.08. The number of carbonyl (C=O) groups is 1. The molecule has 0 fully saturated rings. The number of aryl methyl sites for hydroxylation is 1. The third-order valence-electron chi connectivity index (χ3n) is 2.37. The van der Waals surface area contributed by atoms with Gasteiger partial charge in [0.05, 0.1) is 6.20 Å². The molecule has 1 heterocycles. The molecule has 4 heteroatoms. The quantitative estimate of drug-likeness (QED) is 0.601. The molecule has 1 aromatic heterocycles. The minimum absolute atomic E-state index is 0.196. The van der Waals surface area contributed by atoms with E-state index in [4.69, 9.17) is 0 Å². The molecule has 2 aromatic rings. The van der Waals surface area contributed by atoms with Crippen molar-refractivity contribution in [3.8, 4) is 0 Å². The summed E-state index contributed by atoms with van der Waals surface area (Å²) in [5.74, 6) is 0.987. The fourth-order valence-corrected chi connectivity index (χ4v) is 2.38. The Morgan fingerprint density at radius 3 is 2.76 bits per heavy atom. The lowest BCUT2D eigenvalue weighted by Crippen LogP contribution is -1.99. The van der Waals surface area contributed by atoms with Gasteiger partial charge in [0, 0.05) is 35.9 Å². The molecule has 1 aromatic carbocycles. The number of hydrogen-bond donors (Lipinski definition) is 0. The number of Topliss-reactive ketones (excluding diaryl/α,β-unsaturated/α-hetero) is 1. The standard InChI is InChI=1S/C13H14N2OS/c1-15-10-12(9-14-15)17-8-7-13(16)11-5-3-2-4-6-11/h2-6,9-10H,7-8H2,1H3. The van der Waals surface area contributed by atoms with Gasteiger partial charge in [-0.15, -0.1) is 11.8 Å². The molecule has 17 heavy (non-hydrogen) atoms. The van der Waals surface area contributed by atoms with E-state index in [1.54, 1.807) is 16.4 Å². The van der Waals surface area contributed by atoms with Gasteiger partial charge in [-0.05, 0) is 0 Å². The molecule has 0 aliphatic heterocycles. The summed E-state index contributed by atoms with van der Waals surface area (Å²) >= 11 is 1.66. The summed E-state index contributed by atoms with van der Waals surface area (Å²) in [6.45, 7) is 0. The molecule has 0 saturated heterocycles. The Labute approximate surface area is 105 Å². The topological polar surface area (TPSA) is 34.9 Å². The molecular formula is C13H14N2OS. The summed E-state index contributed by atoms with van der Waals surface area (Å²) in [7, 11) is 1.89. The SMILES string of the molecule is Cn1cc(SCCC(=O)c2ccccc2)cn1. The van der Waals surface area contributed by atoms with Crippen molar-refractivity contribution in [1.29, 1.82) is 0 Å². The number of hydrogen-bond acceptors (Lipinski definition) is 3. The van der Waals surface area contributed by atoms with E-state index in [2.05, 4.69) is 5.10 Å². The number of nitrogens with zero attached hydrogens (tertiary/aromatic N) is 2. The summed E-state index contributed by atoms with van der Waals surface area (Å²) in [5.41, 5.74) is 0.791. The van der Waals surface area contributed by atoms with Gasteiger partial charge < -0.3 is 0 Å². The second-order valence-electron chi connectivity index (χ2n) is 3.74. The van der Waals surface area contributed by atoms with E-state index in [1.807, 2.05) is 49.8 Å². The summed E-state index contributed by atoms with van der Waals surface area (Å²) in [4.78, 5) is 12.9. The molecule has 0 atom stereocenters. The van der Waals surface area contributed by atoms with E-state index >= 15 is 0 Å². The van der Waals surface area contributed by atoms with E-state index in [-0.39, 0.29) is 5.78 Å². The van der Waals surface area contributed by atoms with Crippen LogP contribution in [-0.2, 0) is 7.05 Å². The molecule has 0 aliphatic rings. The highest BCUT2D eigenvalue weighted by molar-refractivity contribution is 7.99. The van der Waals surface area contributed by atoms with Crippen LogP contribution in [-0.4, -0.2) is 21.3 Å². The number of ketones is 1. The van der Waals surface area contributed by atoms with Crippen LogP contribution in [0.5, 0.6) is 0 Å². The van der Waals surface area contributed by atoms with Crippen LogP contribution in [0, 0.1) is 0 Å². The van der Waals surface area contributed by atoms with E-state index in [9.17, 15) is 4.79 Å². The van der Waals surface area contributed by atoms with Crippen LogP contribution in [0.25, 0.3) is 0 Å². The Bertz CT molecular complexity index is 493. The van der Waals surface area contributed by atoms with Crippen LogP contribution in [0.4, 0.5) is 0 Å². The molecule has 0 unspecified atom stereocenters. The number of thioether (sulfide) groups is 1. The van der Waals surface area contributed by atoms with Crippen LogP contribution in [0.3, 0.4) is 0 Å². The Morgan fingerprint density at radius 2 is 2.12 bits per heavy atom. The first-order valence-corrected chi connectivity index (χ1v) is 6.44. The number of carbonyl (C=O) groups excluding carboxylic acids is 1. The smallest absolute Gasteiger partial charge is 0.163 e. The minimum atomic E-state index is 0.196. The molecule has 88 valence electrons. The normalized spacial score (nSPS) is 10.4. The zero-order valence-corrected chi connectivity index (χ0v) is 10.5. The lowest BCUT2D eigenvalue weighted by Gasteiger charge is -1.99. The molecule has 0 radical (unpaired) electrons. The second kappa shape index (κ2) is 5.68. The van der Waals surface area contributed by atoms with Crippen LogP contribution in [0.15, 0.2) is 47.6 Å². The van der Waals surface area contributed by atoms with E-state index in [0.29, 0.717) is 6.42 Å². The van der Waals surface area contributed by atoms with Crippen molar-refractivity contribution in [3.05, 3.63) is 48.3 Å². The number of rotatable bonds is 5. The van der Waals surface area contributed by atoms with Gasteiger partial charge in [0.15, 0.2) is 5.78 Å². The fourth-order valence-electron chi connectivity index (χ4n) is 1.50. The lowest BCUT2D eigenvalue weighted by molar-refractivity contribution is 0.0989. The predicted octanol–water partition coefficient (Wildman–Crippen LogP) is 2.79. The maximum absolute atomic E-state index is 11.8. The van der Waals surface area contributed by atoms with Crippen molar-refractivity contribution in [2.75, 3.05) is 5.75 Å². The zero-order chi connectivity index (χ0) is 12.1. The van der Waals surface area contributed by atoms with Crippen LogP contribution >= 0.6 is 11.8 Å². The van der Waals surface area contributed by atoms with Crippen LogP contribution in [0.1, 0.15) is 16.8 Å². The van der Waals surface area contributed by atoms with Crippen molar-refractivity contribution in [3.63, 3.8) is 0 Å². The Hall–Kier alpha value is -1.55. The molecular weight excluding hydrogens is 232 g/mol. The largest absolute Gasteiger partial charge is 0.294 e. The van der Waals surface area contributed by atoms with Crippen molar-refractivity contribution >= 4 is 17.5 Å². The highest BCUT2D eigenvalue weighted by Crippen LogP contribution is 2.18. The molecule has 0 N–H and O–H groups in total. The van der Waals surface area contributed by atoms with Gasteiger partial charge in [0.1, 0.15) is 0 Å². The molecule has 3 nitrogen and oxygen atoms in total. The van der Waals surface area contributed by atoms with Crippen molar-refractivity contribution in [2.24, 2.45) is 7.05 Å². The fraction of sp³-hybridized carbons (Fsp3) is 0.231. The Morgan fingerprint density at radius 1 is 1.35 bits per heavy atom. The zero-order valence-electron chi connectivity index (χ0n) is 9.67. The van der Waals surface area contributed by atoms with E-state index in [1.165, 1.54) is 0 Å². The Balaban J connectivity index is 1.81. The third-order valence-corrected chi connectivity index (χ3v) is 3.33. The molecule has 0 bridgehead atoms. The molecule has 0 saturated carbocycles. The van der Waals surface area contributed by atoms with E-state index in [0.717, 1.165) is 16.2 Å². The highest BCUT2D eigenvalue weighted by Gasteiger charge is 2.05. The van der Waals surface area contributed by atoms with Crippen LogP contribution in [0.2, 0.25) is 0 Å². The van der Waals surface area contributed by atoms with Gasteiger partial charge >= 0.3 is 0 Å². The first-order chi connectivity index (χ1) is 8.25. The van der Waals surface area contributed by atoms with Crippen molar-refractivity contribution < 1.29 is 4.79 Å². The second-order valence-corrected chi connectivity index (χ2v) is 4.91. The van der Waals surface area contributed by atoms with Crippen molar-refractivity contribution in [2.45, 2.75) is 11.3 Å².